The van der Waals surface area contributed by atoms with E-state index >= 15 is 0 Å². The maximum Gasteiger partial charge on any atom is 0.412 e. The topological polar surface area (TPSA) is 68.6 Å². The summed E-state index contributed by atoms with van der Waals surface area (Å²) >= 11 is 0. The van der Waals surface area contributed by atoms with Gasteiger partial charge in [0, 0.05) is 31.9 Å². The molecule has 7 heteroatoms. The number of hydrogen-bond acceptors (Lipinski definition) is 5. The Labute approximate surface area is 144 Å². The second-order valence-corrected chi connectivity index (χ2v) is 7.84. The van der Waals surface area contributed by atoms with Crippen LogP contribution in [0.1, 0.15) is 47.1 Å². The second kappa shape index (κ2) is 6.72. The smallest absolute Gasteiger partial charge is 0.412 e. The van der Waals surface area contributed by atoms with Crippen LogP contribution < -0.4 is 5.32 Å². The third-order valence-corrected chi connectivity index (χ3v) is 3.96. The van der Waals surface area contributed by atoms with E-state index < -0.39 is 11.3 Å². The predicted molar refractivity (Wildman–Crippen MR) is 91.4 cm³/mol. The Hall–Kier alpha value is -1.60. The summed E-state index contributed by atoms with van der Waals surface area (Å²) in [6.07, 6.45) is 3.38. The van der Waals surface area contributed by atoms with Crippen molar-refractivity contribution in [2.24, 2.45) is 7.05 Å². The van der Waals surface area contributed by atoms with Crippen molar-refractivity contribution in [2.75, 3.05) is 6.54 Å². The minimum absolute atomic E-state index is 0.0751. The molecule has 1 aromatic heterocycles. The summed E-state index contributed by atoms with van der Waals surface area (Å²) in [5.41, 5.74) is -0.123. The van der Waals surface area contributed by atoms with E-state index in [1.165, 1.54) is 0 Å². The molecule has 0 spiro atoms. The first-order chi connectivity index (χ1) is 11.0. The van der Waals surface area contributed by atoms with Gasteiger partial charge in [-0.05, 0) is 41.5 Å². The first-order valence-electron chi connectivity index (χ1n) is 8.38. The van der Waals surface area contributed by atoms with Crippen LogP contribution in [0.15, 0.2) is 12.4 Å². The Kier molecular flexibility index (Phi) is 5.25. The lowest BCUT2D eigenvalue weighted by atomic mass is 10.1. The van der Waals surface area contributed by atoms with Gasteiger partial charge in [-0.25, -0.2) is 4.79 Å². The summed E-state index contributed by atoms with van der Waals surface area (Å²) in [6, 6.07) is -0.0912. The lowest BCUT2D eigenvalue weighted by Gasteiger charge is -2.35. The summed E-state index contributed by atoms with van der Waals surface area (Å²) in [6.45, 7) is 12.7. The highest BCUT2D eigenvalue weighted by molar-refractivity contribution is 5.70. The van der Waals surface area contributed by atoms with E-state index in [2.05, 4.69) is 10.4 Å². The van der Waals surface area contributed by atoms with Crippen LogP contribution in [-0.4, -0.2) is 50.8 Å². The summed E-state index contributed by atoms with van der Waals surface area (Å²) in [4.78, 5) is 14.4. The van der Waals surface area contributed by atoms with Crippen LogP contribution in [0.25, 0.3) is 0 Å². The fraction of sp³-hybridized carbons (Fsp3) is 0.765. The molecule has 2 atom stereocenters. The van der Waals surface area contributed by atoms with Gasteiger partial charge < -0.3 is 14.8 Å². The molecule has 136 valence electrons. The van der Waals surface area contributed by atoms with Crippen molar-refractivity contribution >= 4 is 6.09 Å². The number of nitrogens with zero attached hydrogens (tertiary/aromatic N) is 3. The van der Waals surface area contributed by atoms with Crippen molar-refractivity contribution < 1.29 is 14.3 Å². The van der Waals surface area contributed by atoms with Gasteiger partial charge in [0.1, 0.15) is 11.3 Å². The van der Waals surface area contributed by atoms with Crippen molar-refractivity contribution in [2.45, 2.75) is 71.6 Å². The molecule has 1 saturated heterocycles. The van der Waals surface area contributed by atoms with Crippen LogP contribution in [0.2, 0.25) is 0 Å². The van der Waals surface area contributed by atoms with Crippen LogP contribution in [-0.2, 0) is 23.1 Å². The van der Waals surface area contributed by atoms with Gasteiger partial charge in [0.2, 0.25) is 0 Å². The predicted octanol–water partition coefficient (Wildman–Crippen LogP) is 2.27. The Bertz CT molecular complexity index is 577. The normalized spacial score (nSPS) is 23.5. The fourth-order valence-corrected chi connectivity index (χ4v) is 3.05. The van der Waals surface area contributed by atoms with Crippen LogP contribution in [0.5, 0.6) is 0 Å². The summed E-state index contributed by atoms with van der Waals surface area (Å²) < 4.78 is 13.3. The lowest BCUT2D eigenvalue weighted by molar-refractivity contribution is -0.0756. The molecular weight excluding hydrogens is 308 g/mol. The molecule has 1 aromatic rings. The van der Waals surface area contributed by atoms with Gasteiger partial charge in [-0.1, -0.05) is 0 Å². The van der Waals surface area contributed by atoms with Gasteiger partial charge in [0.05, 0.1) is 18.3 Å². The summed E-state index contributed by atoms with van der Waals surface area (Å²) in [5, 5.41) is 7.55. The number of hydrogen-bond donors (Lipinski definition) is 1. The van der Waals surface area contributed by atoms with Crippen LogP contribution >= 0.6 is 0 Å². The van der Waals surface area contributed by atoms with E-state index in [-0.39, 0.29) is 18.2 Å². The average molecular weight is 338 g/mol. The van der Waals surface area contributed by atoms with Crippen LogP contribution in [0.3, 0.4) is 0 Å². The molecule has 1 fully saturated rings. The zero-order chi connectivity index (χ0) is 18.1. The van der Waals surface area contributed by atoms with Crippen molar-refractivity contribution in [3.05, 3.63) is 18.0 Å². The second-order valence-electron chi connectivity index (χ2n) is 7.84. The molecule has 0 aliphatic carbocycles. The molecule has 1 amide bonds. The SMILES string of the molecule is CC1OC(C)(C)N(C(=O)OC(C)(C)C)C1CNCc1cnn(C)c1. The van der Waals surface area contributed by atoms with Crippen LogP contribution in [0, 0.1) is 0 Å². The first-order valence-corrected chi connectivity index (χ1v) is 8.38. The molecule has 0 aromatic carbocycles. The number of carbonyl (C=O) groups excluding carboxylic acids is 1. The van der Waals surface area contributed by atoms with E-state index in [4.69, 9.17) is 9.47 Å². The van der Waals surface area contributed by atoms with Crippen molar-refractivity contribution in [1.29, 1.82) is 0 Å². The highest BCUT2D eigenvalue weighted by Crippen LogP contribution is 2.33. The molecule has 2 unspecified atom stereocenters. The van der Waals surface area contributed by atoms with E-state index in [0.29, 0.717) is 13.1 Å². The zero-order valence-electron chi connectivity index (χ0n) is 15.8. The Morgan fingerprint density at radius 3 is 2.67 bits per heavy atom. The third kappa shape index (κ3) is 4.48. The highest BCUT2D eigenvalue weighted by Gasteiger charge is 2.49. The molecule has 1 aliphatic heterocycles. The molecular formula is C17H30N4O3. The summed E-state index contributed by atoms with van der Waals surface area (Å²) in [7, 11) is 1.89. The van der Waals surface area contributed by atoms with Crippen molar-refractivity contribution in [1.82, 2.24) is 20.0 Å². The van der Waals surface area contributed by atoms with Gasteiger partial charge in [-0.3, -0.25) is 9.58 Å². The maximum absolute atomic E-state index is 12.7. The average Bonchev–Trinajstić information content (AvgIpc) is 2.88. The minimum Gasteiger partial charge on any atom is -0.444 e. The lowest BCUT2D eigenvalue weighted by Crippen LogP contribution is -2.53. The Balaban J connectivity index is 2.03. The third-order valence-electron chi connectivity index (χ3n) is 3.96. The number of aromatic nitrogens is 2. The summed E-state index contributed by atoms with van der Waals surface area (Å²) in [5.74, 6) is 0. The van der Waals surface area contributed by atoms with Gasteiger partial charge in [-0.2, -0.15) is 5.10 Å². The quantitative estimate of drug-likeness (QED) is 0.912. The van der Waals surface area contributed by atoms with E-state index in [1.54, 1.807) is 9.58 Å². The Morgan fingerprint density at radius 1 is 1.46 bits per heavy atom. The number of amides is 1. The molecule has 0 radical (unpaired) electrons. The van der Waals surface area contributed by atoms with E-state index in [0.717, 1.165) is 5.56 Å². The number of aryl methyl sites for hydroxylation is 1. The van der Waals surface area contributed by atoms with Gasteiger partial charge in [0.25, 0.3) is 0 Å². The number of ether oxygens (including phenoxy) is 2. The monoisotopic (exact) mass is 338 g/mol. The van der Waals surface area contributed by atoms with E-state index in [9.17, 15) is 4.79 Å². The maximum atomic E-state index is 12.7. The number of nitrogens with one attached hydrogen (secondary N) is 1. The molecule has 2 heterocycles. The molecule has 0 bridgehead atoms. The molecule has 1 aliphatic rings. The first kappa shape index (κ1) is 18.7. The molecule has 1 N–H and O–H groups in total. The van der Waals surface area contributed by atoms with Crippen LogP contribution in [0.4, 0.5) is 4.79 Å². The van der Waals surface area contributed by atoms with Gasteiger partial charge in [0.15, 0.2) is 0 Å². The standard InChI is InChI=1S/C17H30N4O3/c1-12-14(10-18-8-13-9-19-20(7)11-13)21(17(5,6)23-12)15(22)24-16(2,3)4/h9,11-12,14,18H,8,10H2,1-7H3. The molecule has 7 nitrogen and oxygen atoms in total. The van der Waals surface area contributed by atoms with Gasteiger partial charge >= 0.3 is 6.09 Å². The number of rotatable bonds is 4. The molecule has 24 heavy (non-hydrogen) atoms. The largest absolute Gasteiger partial charge is 0.444 e. The highest BCUT2D eigenvalue weighted by atomic mass is 16.6. The number of carbonyl (C=O) groups is 1. The van der Waals surface area contributed by atoms with Crippen molar-refractivity contribution in [3.8, 4) is 0 Å². The Morgan fingerprint density at radius 2 is 2.12 bits per heavy atom. The molecule has 0 saturated carbocycles. The molecule has 2 rings (SSSR count). The van der Waals surface area contributed by atoms with Gasteiger partial charge in [-0.15, -0.1) is 0 Å². The fourth-order valence-electron chi connectivity index (χ4n) is 3.05. The van der Waals surface area contributed by atoms with Crippen molar-refractivity contribution in [3.63, 3.8) is 0 Å². The van der Waals surface area contributed by atoms with E-state index in [1.807, 2.05) is 61.0 Å². The zero-order valence-corrected chi connectivity index (χ0v) is 15.8. The minimum atomic E-state index is -0.692.